The Morgan fingerprint density at radius 2 is 2.11 bits per heavy atom. The lowest BCUT2D eigenvalue weighted by Gasteiger charge is -2.20. The molecule has 0 aliphatic carbocycles. The Morgan fingerprint density at radius 1 is 1.44 bits per heavy atom. The van der Waals surface area contributed by atoms with Crippen LogP contribution in [0.25, 0.3) is 0 Å². The molecule has 102 valence electrons. The molecule has 0 saturated heterocycles. The number of carbonyl (C=O) groups is 1. The molecule has 1 aromatic heterocycles. The van der Waals surface area contributed by atoms with E-state index >= 15 is 0 Å². The summed E-state index contributed by atoms with van der Waals surface area (Å²) < 4.78 is 5.25. The predicted octanol–water partition coefficient (Wildman–Crippen LogP) is 3.44. The third-order valence-corrected chi connectivity index (χ3v) is 3.57. The molecule has 1 rings (SSSR count). The minimum Gasteiger partial charge on any atom is -0.460 e. The summed E-state index contributed by atoms with van der Waals surface area (Å²) in [5.41, 5.74) is -0.395. The fourth-order valence-corrected chi connectivity index (χ4v) is 2.47. The van der Waals surface area contributed by atoms with Crippen LogP contribution in [0.15, 0.2) is 12.1 Å². The second kappa shape index (κ2) is 6.34. The zero-order chi connectivity index (χ0) is 13.8. The number of hydrogen-bond acceptors (Lipinski definition) is 4. The minimum absolute atomic E-state index is 0.149. The number of esters is 1. The molecule has 0 spiro atoms. The van der Waals surface area contributed by atoms with Crippen molar-refractivity contribution in [1.29, 1.82) is 0 Å². The van der Waals surface area contributed by atoms with Crippen LogP contribution in [0, 0.1) is 6.92 Å². The molecule has 0 amide bonds. The highest BCUT2D eigenvalue weighted by molar-refractivity contribution is 7.12. The van der Waals surface area contributed by atoms with Gasteiger partial charge in [-0.25, -0.2) is 0 Å². The molecule has 1 heterocycles. The molecule has 1 aromatic rings. The van der Waals surface area contributed by atoms with E-state index in [0.717, 1.165) is 0 Å². The molecule has 18 heavy (non-hydrogen) atoms. The molecular weight excluding hydrogens is 246 g/mol. The second-order valence-corrected chi connectivity index (χ2v) is 6.78. The third kappa shape index (κ3) is 5.65. The molecule has 0 fully saturated rings. The Kier molecular flexibility index (Phi) is 5.35. The van der Waals surface area contributed by atoms with Gasteiger partial charge in [0, 0.05) is 22.3 Å². The number of carbonyl (C=O) groups excluding carboxylic acids is 1. The number of rotatable bonds is 5. The quantitative estimate of drug-likeness (QED) is 0.832. The van der Waals surface area contributed by atoms with Gasteiger partial charge < -0.3 is 10.1 Å². The van der Waals surface area contributed by atoms with Gasteiger partial charge in [0.05, 0.1) is 6.42 Å². The first kappa shape index (κ1) is 15.2. The van der Waals surface area contributed by atoms with E-state index in [0.29, 0.717) is 13.0 Å². The van der Waals surface area contributed by atoms with Crippen molar-refractivity contribution >= 4 is 17.3 Å². The Labute approximate surface area is 114 Å². The SMILES string of the molecule is Cc1ccc(C(C)NCCC(=O)OC(C)(C)C)s1. The summed E-state index contributed by atoms with van der Waals surface area (Å²) in [6, 6.07) is 4.53. The summed E-state index contributed by atoms with van der Waals surface area (Å²) >= 11 is 1.79. The van der Waals surface area contributed by atoms with Crippen molar-refractivity contribution in [3.63, 3.8) is 0 Å². The van der Waals surface area contributed by atoms with Crippen molar-refractivity contribution in [2.45, 2.75) is 52.7 Å². The largest absolute Gasteiger partial charge is 0.460 e. The van der Waals surface area contributed by atoms with Gasteiger partial charge in [-0.1, -0.05) is 0 Å². The van der Waals surface area contributed by atoms with Crippen molar-refractivity contribution in [2.75, 3.05) is 6.54 Å². The van der Waals surface area contributed by atoms with Crippen molar-refractivity contribution in [1.82, 2.24) is 5.32 Å². The summed E-state index contributed by atoms with van der Waals surface area (Å²) in [4.78, 5) is 14.1. The minimum atomic E-state index is -0.395. The van der Waals surface area contributed by atoms with Crippen LogP contribution in [0.1, 0.15) is 49.9 Å². The molecule has 0 aliphatic heterocycles. The number of ether oxygens (including phenoxy) is 1. The molecule has 1 N–H and O–H groups in total. The first-order chi connectivity index (χ1) is 8.28. The van der Waals surface area contributed by atoms with Crippen LogP contribution in [-0.4, -0.2) is 18.1 Å². The van der Waals surface area contributed by atoms with Gasteiger partial charge in [0.25, 0.3) is 0 Å². The fourth-order valence-electron chi connectivity index (χ4n) is 1.57. The van der Waals surface area contributed by atoms with Gasteiger partial charge in [-0.3, -0.25) is 4.79 Å². The highest BCUT2D eigenvalue weighted by atomic mass is 32.1. The van der Waals surface area contributed by atoms with E-state index in [-0.39, 0.29) is 12.0 Å². The number of aryl methyl sites for hydroxylation is 1. The zero-order valence-electron chi connectivity index (χ0n) is 11.9. The maximum atomic E-state index is 11.5. The summed E-state index contributed by atoms with van der Waals surface area (Å²) in [7, 11) is 0. The molecular formula is C14H23NO2S. The van der Waals surface area contributed by atoms with Gasteiger partial charge >= 0.3 is 5.97 Å². The average molecular weight is 269 g/mol. The zero-order valence-corrected chi connectivity index (χ0v) is 12.7. The van der Waals surface area contributed by atoms with Crippen LogP contribution in [0.2, 0.25) is 0 Å². The molecule has 0 saturated carbocycles. The molecule has 3 nitrogen and oxygen atoms in total. The van der Waals surface area contributed by atoms with Crippen molar-refractivity contribution < 1.29 is 9.53 Å². The van der Waals surface area contributed by atoms with E-state index in [1.165, 1.54) is 9.75 Å². The first-order valence-electron chi connectivity index (χ1n) is 6.29. The topological polar surface area (TPSA) is 38.3 Å². The Balaban J connectivity index is 2.27. The van der Waals surface area contributed by atoms with Gasteiger partial charge in [-0.2, -0.15) is 0 Å². The summed E-state index contributed by atoms with van der Waals surface area (Å²) in [6.07, 6.45) is 0.409. The molecule has 0 bridgehead atoms. The molecule has 0 aromatic carbocycles. The van der Waals surface area contributed by atoms with Crippen LogP contribution < -0.4 is 5.32 Å². The summed E-state index contributed by atoms with van der Waals surface area (Å²) in [5, 5.41) is 3.34. The maximum absolute atomic E-state index is 11.5. The summed E-state index contributed by atoms with van der Waals surface area (Å²) in [6.45, 7) is 10.5. The van der Waals surface area contributed by atoms with E-state index in [4.69, 9.17) is 4.74 Å². The van der Waals surface area contributed by atoms with Crippen LogP contribution in [0.3, 0.4) is 0 Å². The van der Waals surface area contributed by atoms with E-state index in [1.807, 2.05) is 20.8 Å². The monoisotopic (exact) mass is 269 g/mol. The standard InChI is InChI=1S/C14H23NO2S/c1-10-6-7-12(18-10)11(2)15-9-8-13(16)17-14(3,4)5/h6-7,11,15H,8-9H2,1-5H3. The van der Waals surface area contributed by atoms with Crippen molar-refractivity contribution in [3.8, 4) is 0 Å². The number of hydrogen-bond donors (Lipinski definition) is 1. The highest BCUT2D eigenvalue weighted by Crippen LogP contribution is 2.22. The van der Waals surface area contributed by atoms with Crippen molar-refractivity contribution in [2.24, 2.45) is 0 Å². The predicted molar refractivity (Wildman–Crippen MR) is 75.9 cm³/mol. The van der Waals surface area contributed by atoms with E-state index in [1.54, 1.807) is 11.3 Å². The molecule has 1 unspecified atom stereocenters. The lowest BCUT2D eigenvalue weighted by Crippen LogP contribution is -2.27. The van der Waals surface area contributed by atoms with Crippen LogP contribution in [-0.2, 0) is 9.53 Å². The van der Waals surface area contributed by atoms with Gasteiger partial charge in [0.1, 0.15) is 5.60 Å². The summed E-state index contributed by atoms with van der Waals surface area (Å²) in [5.74, 6) is -0.149. The van der Waals surface area contributed by atoms with E-state index in [2.05, 4.69) is 31.3 Å². The van der Waals surface area contributed by atoms with Gasteiger partial charge in [0.15, 0.2) is 0 Å². The molecule has 0 aliphatic rings. The third-order valence-electron chi connectivity index (χ3n) is 2.39. The highest BCUT2D eigenvalue weighted by Gasteiger charge is 2.16. The lowest BCUT2D eigenvalue weighted by atomic mass is 10.2. The van der Waals surface area contributed by atoms with Gasteiger partial charge in [-0.15, -0.1) is 11.3 Å². The van der Waals surface area contributed by atoms with Crippen LogP contribution >= 0.6 is 11.3 Å². The molecule has 4 heteroatoms. The van der Waals surface area contributed by atoms with E-state index < -0.39 is 5.60 Å². The first-order valence-corrected chi connectivity index (χ1v) is 7.11. The normalized spacial score (nSPS) is 13.4. The van der Waals surface area contributed by atoms with Gasteiger partial charge in [-0.05, 0) is 46.8 Å². The number of thiophene rings is 1. The fraction of sp³-hybridized carbons (Fsp3) is 0.643. The number of nitrogens with one attached hydrogen (secondary N) is 1. The second-order valence-electron chi connectivity index (χ2n) is 5.46. The average Bonchev–Trinajstić information content (AvgIpc) is 2.62. The molecule has 1 atom stereocenters. The van der Waals surface area contributed by atoms with Crippen LogP contribution in [0.4, 0.5) is 0 Å². The van der Waals surface area contributed by atoms with Crippen molar-refractivity contribution in [3.05, 3.63) is 21.9 Å². The molecule has 0 radical (unpaired) electrons. The maximum Gasteiger partial charge on any atom is 0.307 e. The van der Waals surface area contributed by atoms with Crippen LogP contribution in [0.5, 0.6) is 0 Å². The Morgan fingerprint density at radius 3 is 2.61 bits per heavy atom. The smallest absolute Gasteiger partial charge is 0.307 e. The van der Waals surface area contributed by atoms with E-state index in [9.17, 15) is 4.79 Å². The lowest BCUT2D eigenvalue weighted by molar-refractivity contribution is -0.154. The Bertz CT molecular complexity index is 393. The Hall–Kier alpha value is -0.870. The van der Waals surface area contributed by atoms with Gasteiger partial charge in [0.2, 0.25) is 0 Å².